The molecule has 2 N–H and O–H groups in total. The normalized spacial score (nSPS) is 14.2. The van der Waals surface area contributed by atoms with Crippen LogP contribution in [0.25, 0.3) is 21.8 Å². The Morgan fingerprint density at radius 1 is 0.950 bits per heavy atom. The zero-order valence-electron chi connectivity index (χ0n) is 23.2. The van der Waals surface area contributed by atoms with E-state index in [1.807, 2.05) is 37.3 Å². The number of ether oxygens (including phenoxy) is 2. The van der Waals surface area contributed by atoms with Crippen LogP contribution >= 0.6 is 0 Å². The Balaban J connectivity index is 1.43. The quantitative estimate of drug-likeness (QED) is 0.305. The topological polar surface area (TPSA) is 126 Å². The van der Waals surface area contributed by atoms with Gasteiger partial charge in [-0.15, -0.1) is 0 Å². The number of aromatic nitrogens is 4. The number of fused-ring (bicyclic) bond motifs is 2. The Labute approximate surface area is 232 Å². The van der Waals surface area contributed by atoms with E-state index >= 15 is 0 Å². The van der Waals surface area contributed by atoms with Gasteiger partial charge in [0.25, 0.3) is 5.56 Å². The van der Waals surface area contributed by atoms with Crippen molar-refractivity contribution < 1.29 is 19.7 Å². The number of nitrogens with zero attached hydrogens (tertiary/aromatic N) is 6. The number of aliphatic hydroxyl groups is 2. The van der Waals surface area contributed by atoms with Crippen molar-refractivity contribution in [2.45, 2.75) is 26.3 Å². The van der Waals surface area contributed by atoms with Crippen LogP contribution in [0.15, 0.2) is 41.5 Å². The van der Waals surface area contributed by atoms with Crippen LogP contribution < -0.4 is 24.8 Å². The van der Waals surface area contributed by atoms with Crippen molar-refractivity contribution in [1.29, 1.82) is 0 Å². The molecule has 0 spiro atoms. The standard InChI is InChI=1S/C29H36N6O5/c1-19-4-5-23-22(14-19)28(38)35(18-30-23)17-20-6-8-33(9-7-20)27-21-15-25(39-2)26(40-3)16-24(21)31-29(32-27)34(10-12-36)11-13-37/h4-5,14-16,18,20,36-37H,6-13,17H2,1-3H3. The summed E-state index contributed by atoms with van der Waals surface area (Å²) in [5.74, 6) is 2.66. The molecule has 11 nitrogen and oxygen atoms in total. The molecule has 11 heteroatoms. The molecule has 1 aliphatic rings. The summed E-state index contributed by atoms with van der Waals surface area (Å²) in [4.78, 5) is 31.3. The Bertz CT molecular complexity index is 1540. The average molecular weight is 549 g/mol. The fraction of sp³-hybridized carbons (Fsp3) is 0.448. The third-order valence-corrected chi connectivity index (χ3v) is 7.54. The van der Waals surface area contributed by atoms with E-state index in [0.29, 0.717) is 53.9 Å². The van der Waals surface area contributed by atoms with Gasteiger partial charge in [0.05, 0.1) is 50.2 Å². The second-order valence-electron chi connectivity index (χ2n) is 10.2. The molecule has 0 aliphatic carbocycles. The highest BCUT2D eigenvalue weighted by molar-refractivity contribution is 5.93. The lowest BCUT2D eigenvalue weighted by Gasteiger charge is -2.34. The fourth-order valence-electron chi connectivity index (χ4n) is 5.37. The fourth-order valence-corrected chi connectivity index (χ4v) is 5.37. The molecule has 2 aromatic carbocycles. The van der Waals surface area contributed by atoms with Crippen LogP contribution in [0, 0.1) is 12.8 Å². The van der Waals surface area contributed by atoms with Crippen molar-refractivity contribution in [3.05, 3.63) is 52.6 Å². The molecule has 40 heavy (non-hydrogen) atoms. The minimum atomic E-state index is -0.0867. The number of methoxy groups -OCH3 is 2. The molecule has 0 atom stereocenters. The highest BCUT2D eigenvalue weighted by Crippen LogP contribution is 2.37. The summed E-state index contributed by atoms with van der Waals surface area (Å²) in [5.41, 5.74) is 2.44. The van der Waals surface area contributed by atoms with Gasteiger partial charge in [0.15, 0.2) is 11.5 Å². The van der Waals surface area contributed by atoms with Crippen molar-refractivity contribution in [2.75, 3.05) is 63.4 Å². The molecule has 0 bridgehead atoms. The minimum Gasteiger partial charge on any atom is -0.493 e. The number of rotatable bonds is 10. The first-order chi connectivity index (χ1) is 19.4. The third-order valence-electron chi connectivity index (χ3n) is 7.54. The van der Waals surface area contributed by atoms with E-state index in [0.717, 1.165) is 48.2 Å². The van der Waals surface area contributed by atoms with Gasteiger partial charge in [-0.1, -0.05) is 11.6 Å². The molecular formula is C29H36N6O5. The predicted octanol–water partition coefficient (Wildman–Crippen LogP) is 2.37. The lowest BCUT2D eigenvalue weighted by molar-refractivity contribution is 0.280. The van der Waals surface area contributed by atoms with Crippen LogP contribution in [0.5, 0.6) is 11.5 Å². The predicted molar refractivity (Wildman–Crippen MR) is 155 cm³/mol. The van der Waals surface area contributed by atoms with Crippen molar-refractivity contribution in [2.24, 2.45) is 5.92 Å². The number of anilines is 2. The van der Waals surface area contributed by atoms with Crippen LogP contribution in [0.3, 0.4) is 0 Å². The summed E-state index contributed by atoms with van der Waals surface area (Å²) < 4.78 is 12.8. The largest absolute Gasteiger partial charge is 0.493 e. The van der Waals surface area contributed by atoms with Gasteiger partial charge in [-0.25, -0.2) is 9.97 Å². The number of hydrogen-bond acceptors (Lipinski definition) is 10. The molecule has 1 aliphatic heterocycles. The van der Waals surface area contributed by atoms with E-state index in [9.17, 15) is 15.0 Å². The van der Waals surface area contributed by atoms with Crippen LogP contribution in [-0.4, -0.2) is 83.3 Å². The molecule has 2 aromatic heterocycles. The molecule has 1 fully saturated rings. The van der Waals surface area contributed by atoms with Crippen LogP contribution in [0.4, 0.5) is 11.8 Å². The summed E-state index contributed by atoms with van der Waals surface area (Å²) in [5, 5.41) is 20.7. The van der Waals surface area contributed by atoms with Gasteiger partial charge in [-0.2, -0.15) is 4.98 Å². The second kappa shape index (κ2) is 12.1. The van der Waals surface area contributed by atoms with Crippen LogP contribution in [0.1, 0.15) is 18.4 Å². The maximum absolute atomic E-state index is 13.1. The number of benzene rings is 2. The molecular weight excluding hydrogens is 512 g/mol. The maximum Gasteiger partial charge on any atom is 0.261 e. The van der Waals surface area contributed by atoms with Crippen molar-refractivity contribution in [3.63, 3.8) is 0 Å². The Kier molecular flexibility index (Phi) is 8.32. The van der Waals surface area contributed by atoms with Gasteiger partial charge in [0, 0.05) is 44.2 Å². The van der Waals surface area contributed by atoms with Gasteiger partial charge in [0.1, 0.15) is 5.82 Å². The average Bonchev–Trinajstić information content (AvgIpc) is 2.97. The zero-order valence-corrected chi connectivity index (χ0v) is 23.2. The molecule has 0 radical (unpaired) electrons. The van der Waals surface area contributed by atoms with Crippen molar-refractivity contribution >= 4 is 33.6 Å². The smallest absolute Gasteiger partial charge is 0.261 e. The first kappa shape index (κ1) is 27.6. The lowest BCUT2D eigenvalue weighted by Crippen LogP contribution is -2.37. The highest BCUT2D eigenvalue weighted by atomic mass is 16.5. The monoisotopic (exact) mass is 548 g/mol. The maximum atomic E-state index is 13.1. The van der Waals surface area contributed by atoms with E-state index < -0.39 is 0 Å². The van der Waals surface area contributed by atoms with Crippen LogP contribution in [0.2, 0.25) is 0 Å². The van der Waals surface area contributed by atoms with E-state index in [1.54, 1.807) is 30.0 Å². The SMILES string of the molecule is COc1cc2nc(N(CCO)CCO)nc(N3CCC(Cn4cnc5ccc(C)cc5c4=O)CC3)c2cc1OC. The molecule has 4 aromatic rings. The lowest BCUT2D eigenvalue weighted by atomic mass is 9.96. The summed E-state index contributed by atoms with van der Waals surface area (Å²) in [7, 11) is 3.18. The Morgan fingerprint density at radius 2 is 1.65 bits per heavy atom. The molecule has 3 heterocycles. The first-order valence-corrected chi connectivity index (χ1v) is 13.6. The van der Waals surface area contributed by atoms with E-state index in [-0.39, 0.29) is 18.8 Å². The van der Waals surface area contributed by atoms with Gasteiger partial charge >= 0.3 is 0 Å². The summed E-state index contributed by atoms with van der Waals surface area (Å²) in [6, 6.07) is 9.48. The van der Waals surface area contributed by atoms with E-state index in [2.05, 4.69) is 9.88 Å². The molecule has 5 rings (SSSR count). The molecule has 212 valence electrons. The highest BCUT2D eigenvalue weighted by Gasteiger charge is 2.25. The number of aliphatic hydroxyl groups excluding tert-OH is 2. The first-order valence-electron chi connectivity index (χ1n) is 13.6. The van der Waals surface area contributed by atoms with Crippen LogP contribution in [-0.2, 0) is 6.54 Å². The van der Waals surface area contributed by atoms with E-state index in [4.69, 9.17) is 19.4 Å². The second-order valence-corrected chi connectivity index (χ2v) is 10.2. The Hall–Kier alpha value is -3.96. The van der Waals surface area contributed by atoms with Gasteiger partial charge in [0.2, 0.25) is 5.95 Å². The Morgan fingerprint density at radius 3 is 2.33 bits per heavy atom. The van der Waals surface area contributed by atoms with Crippen molar-refractivity contribution in [3.8, 4) is 11.5 Å². The molecule has 0 amide bonds. The third kappa shape index (κ3) is 5.52. The van der Waals surface area contributed by atoms with Gasteiger partial charge in [-0.3, -0.25) is 9.36 Å². The number of aryl methyl sites for hydroxylation is 1. The molecule has 1 saturated heterocycles. The summed E-state index contributed by atoms with van der Waals surface area (Å²) >= 11 is 0. The van der Waals surface area contributed by atoms with Gasteiger partial charge < -0.3 is 29.5 Å². The summed E-state index contributed by atoms with van der Waals surface area (Å²) in [6.45, 7) is 4.52. The number of hydrogen-bond donors (Lipinski definition) is 2. The summed E-state index contributed by atoms with van der Waals surface area (Å²) in [6.07, 6.45) is 3.42. The molecule has 0 unspecified atom stereocenters. The van der Waals surface area contributed by atoms with E-state index in [1.165, 1.54) is 0 Å². The minimum absolute atomic E-state index is 0.00327. The van der Waals surface area contributed by atoms with Gasteiger partial charge in [-0.05, 0) is 43.9 Å². The molecule has 0 saturated carbocycles. The van der Waals surface area contributed by atoms with Crippen molar-refractivity contribution in [1.82, 2.24) is 19.5 Å². The zero-order chi connectivity index (χ0) is 28.2. The number of piperidine rings is 1.